The summed E-state index contributed by atoms with van der Waals surface area (Å²) in [6.07, 6.45) is 4.06. The second-order valence-corrected chi connectivity index (χ2v) is 6.17. The molecule has 1 rings (SSSR count). The molecule has 20 heavy (non-hydrogen) atoms. The first-order valence-corrected chi connectivity index (χ1v) is 8.12. The second-order valence-electron chi connectivity index (χ2n) is 6.17. The highest BCUT2D eigenvalue weighted by molar-refractivity contribution is 5.76. The number of carbonyl (C=O) groups excluding carboxylic acids is 1. The largest absolute Gasteiger partial charge is 0.378 e. The number of rotatable bonds is 9. The lowest BCUT2D eigenvalue weighted by Crippen LogP contribution is -2.62. The molecule has 4 heteroatoms. The Balaban J connectivity index is 2.27. The molecule has 2 N–H and O–H groups in total. The van der Waals surface area contributed by atoms with E-state index in [4.69, 9.17) is 4.74 Å². The number of hydrogen-bond donors (Lipinski definition) is 2. The third-order valence-corrected chi connectivity index (χ3v) is 4.87. The molecule has 0 spiro atoms. The Morgan fingerprint density at radius 3 is 2.65 bits per heavy atom. The van der Waals surface area contributed by atoms with Crippen molar-refractivity contribution in [3.8, 4) is 0 Å². The smallest absolute Gasteiger partial charge is 0.221 e. The van der Waals surface area contributed by atoms with Crippen LogP contribution in [0.15, 0.2) is 0 Å². The summed E-state index contributed by atoms with van der Waals surface area (Å²) >= 11 is 0. The molecule has 1 saturated carbocycles. The zero-order chi connectivity index (χ0) is 15.2. The van der Waals surface area contributed by atoms with Gasteiger partial charge in [-0.15, -0.1) is 0 Å². The molecule has 4 nitrogen and oxygen atoms in total. The zero-order valence-corrected chi connectivity index (χ0v) is 13.8. The topological polar surface area (TPSA) is 50.4 Å². The number of amides is 1. The molecule has 1 aliphatic rings. The van der Waals surface area contributed by atoms with E-state index in [9.17, 15) is 4.79 Å². The second kappa shape index (κ2) is 7.99. The van der Waals surface area contributed by atoms with Gasteiger partial charge in [0.15, 0.2) is 0 Å². The summed E-state index contributed by atoms with van der Waals surface area (Å²) in [7, 11) is 0. The van der Waals surface area contributed by atoms with Crippen LogP contribution in [0.2, 0.25) is 0 Å². The van der Waals surface area contributed by atoms with E-state index in [1.54, 1.807) is 0 Å². The zero-order valence-electron chi connectivity index (χ0n) is 13.8. The van der Waals surface area contributed by atoms with E-state index in [0.29, 0.717) is 18.6 Å². The number of ether oxygens (including phenoxy) is 1. The van der Waals surface area contributed by atoms with Crippen LogP contribution in [0.25, 0.3) is 0 Å². The van der Waals surface area contributed by atoms with Crippen LogP contribution in [0.5, 0.6) is 0 Å². The molecule has 1 amide bonds. The van der Waals surface area contributed by atoms with Crippen molar-refractivity contribution in [3.63, 3.8) is 0 Å². The quantitative estimate of drug-likeness (QED) is 0.684. The fourth-order valence-electron chi connectivity index (χ4n) is 2.88. The maximum Gasteiger partial charge on any atom is 0.221 e. The van der Waals surface area contributed by atoms with E-state index in [1.165, 1.54) is 0 Å². The Kier molecular flexibility index (Phi) is 6.96. The van der Waals surface area contributed by atoms with Gasteiger partial charge in [-0.3, -0.25) is 4.79 Å². The minimum Gasteiger partial charge on any atom is -0.378 e. The lowest BCUT2D eigenvalue weighted by atomic mass is 9.61. The lowest BCUT2D eigenvalue weighted by Gasteiger charge is -2.53. The average Bonchev–Trinajstić information content (AvgIpc) is 2.44. The maximum atomic E-state index is 11.7. The molecule has 1 aliphatic carbocycles. The van der Waals surface area contributed by atoms with Gasteiger partial charge in [-0.2, -0.15) is 0 Å². The van der Waals surface area contributed by atoms with Crippen molar-refractivity contribution >= 4 is 5.91 Å². The predicted octanol–water partition coefficient (Wildman–Crippen LogP) is 2.47. The molecular weight excluding hydrogens is 252 g/mol. The van der Waals surface area contributed by atoms with Crippen LogP contribution >= 0.6 is 0 Å². The monoisotopic (exact) mass is 284 g/mol. The molecule has 4 unspecified atom stereocenters. The molecule has 4 atom stereocenters. The minimum absolute atomic E-state index is 0.144. The highest BCUT2D eigenvalue weighted by Crippen LogP contribution is 2.45. The average molecular weight is 284 g/mol. The Bertz CT molecular complexity index is 309. The van der Waals surface area contributed by atoms with E-state index in [1.807, 2.05) is 6.92 Å². The number of hydrogen-bond acceptors (Lipinski definition) is 3. The van der Waals surface area contributed by atoms with Gasteiger partial charge in [0, 0.05) is 37.1 Å². The normalized spacial score (nSPS) is 30.6. The van der Waals surface area contributed by atoms with Gasteiger partial charge in [-0.05, 0) is 33.1 Å². The standard InChI is InChI=1S/C16H32N2O2/c1-6-12(4)18-15(19)9-10-17-13-11-14(20-8-3)16(13,5)7-2/h12-14,17H,6-11H2,1-5H3,(H,18,19). The Morgan fingerprint density at radius 2 is 2.10 bits per heavy atom. The van der Waals surface area contributed by atoms with E-state index in [0.717, 1.165) is 32.4 Å². The summed E-state index contributed by atoms with van der Waals surface area (Å²) in [6, 6.07) is 0.745. The van der Waals surface area contributed by atoms with Crippen LogP contribution in [-0.4, -0.2) is 37.2 Å². The predicted molar refractivity (Wildman–Crippen MR) is 82.7 cm³/mol. The van der Waals surface area contributed by atoms with Gasteiger partial charge < -0.3 is 15.4 Å². The summed E-state index contributed by atoms with van der Waals surface area (Å²) in [5.41, 5.74) is 0.212. The molecule has 0 aromatic heterocycles. The molecule has 0 saturated heterocycles. The van der Waals surface area contributed by atoms with Crippen LogP contribution < -0.4 is 10.6 Å². The molecule has 0 aliphatic heterocycles. The van der Waals surface area contributed by atoms with Crippen LogP contribution in [0.3, 0.4) is 0 Å². The number of carbonyl (C=O) groups is 1. The summed E-state index contributed by atoms with van der Waals surface area (Å²) in [5, 5.41) is 6.53. The van der Waals surface area contributed by atoms with Crippen LogP contribution in [0.1, 0.15) is 60.3 Å². The van der Waals surface area contributed by atoms with E-state index >= 15 is 0 Å². The Hall–Kier alpha value is -0.610. The van der Waals surface area contributed by atoms with Gasteiger partial charge >= 0.3 is 0 Å². The molecule has 0 aromatic carbocycles. The van der Waals surface area contributed by atoms with Gasteiger partial charge in [-0.1, -0.05) is 20.8 Å². The lowest BCUT2D eigenvalue weighted by molar-refractivity contribution is -0.127. The first-order chi connectivity index (χ1) is 9.47. The molecule has 0 bridgehead atoms. The van der Waals surface area contributed by atoms with Crippen molar-refractivity contribution in [3.05, 3.63) is 0 Å². The van der Waals surface area contributed by atoms with E-state index in [2.05, 4.69) is 38.3 Å². The molecule has 0 aromatic rings. The van der Waals surface area contributed by atoms with Crippen molar-refractivity contribution in [2.24, 2.45) is 5.41 Å². The van der Waals surface area contributed by atoms with E-state index < -0.39 is 0 Å². The van der Waals surface area contributed by atoms with Gasteiger partial charge in [0.25, 0.3) is 0 Å². The summed E-state index contributed by atoms with van der Waals surface area (Å²) < 4.78 is 5.79. The first kappa shape index (κ1) is 17.4. The molecule has 0 radical (unpaired) electrons. The molecule has 1 fully saturated rings. The van der Waals surface area contributed by atoms with E-state index in [-0.39, 0.29) is 17.4 Å². The highest BCUT2D eigenvalue weighted by atomic mass is 16.5. The Morgan fingerprint density at radius 1 is 1.40 bits per heavy atom. The Labute approximate surface area is 124 Å². The van der Waals surface area contributed by atoms with Crippen LogP contribution in [-0.2, 0) is 9.53 Å². The van der Waals surface area contributed by atoms with Gasteiger partial charge in [0.05, 0.1) is 6.10 Å². The van der Waals surface area contributed by atoms with Crippen molar-refractivity contribution in [2.75, 3.05) is 13.2 Å². The van der Waals surface area contributed by atoms with Crippen molar-refractivity contribution in [1.82, 2.24) is 10.6 Å². The molecule has 0 heterocycles. The number of nitrogens with one attached hydrogen (secondary N) is 2. The SMILES string of the molecule is CCOC1CC(NCCC(=O)NC(C)CC)C1(C)CC. The van der Waals surface area contributed by atoms with Gasteiger partial charge in [0.2, 0.25) is 5.91 Å². The molecule has 118 valence electrons. The fourth-order valence-corrected chi connectivity index (χ4v) is 2.88. The fraction of sp³-hybridized carbons (Fsp3) is 0.938. The summed E-state index contributed by atoms with van der Waals surface area (Å²) in [4.78, 5) is 11.7. The third kappa shape index (κ3) is 4.19. The highest BCUT2D eigenvalue weighted by Gasteiger charge is 2.50. The first-order valence-electron chi connectivity index (χ1n) is 8.12. The van der Waals surface area contributed by atoms with Crippen molar-refractivity contribution in [2.45, 2.75) is 78.5 Å². The molecular formula is C16H32N2O2. The van der Waals surface area contributed by atoms with Gasteiger partial charge in [-0.25, -0.2) is 0 Å². The minimum atomic E-state index is 0.144. The van der Waals surface area contributed by atoms with Crippen LogP contribution in [0.4, 0.5) is 0 Å². The van der Waals surface area contributed by atoms with Gasteiger partial charge in [0.1, 0.15) is 0 Å². The van der Waals surface area contributed by atoms with Crippen LogP contribution in [0, 0.1) is 5.41 Å². The maximum absolute atomic E-state index is 11.7. The van der Waals surface area contributed by atoms with Crippen molar-refractivity contribution in [1.29, 1.82) is 0 Å². The third-order valence-electron chi connectivity index (χ3n) is 4.87. The van der Waals surface area contributed by atoms with Crippen molar-refractivity contribution < 1.29 is 9.53 Å². The summed E-state index contributed by atoms with van der Waals surface area (Å²) in [5.74, 6) is 0.144. The summed E-state index contributed by atoms with van der Waals surface area (Å²) in [6.45, 7) is 12.2.